The number of nitrogens with zero attached hydrogens (tertiary/aromatic N) is 1. The lowest BCUT2D eigenvalue weighted by Crippen LogP contribution is -2.43. The summed E-state index contributed by atoms with van der Waals surface area (Å²) in [6, 6.07) is 11.7. The van der Waals surface area contributed by atoms with Crippen molar-refractivity contribution in [3.8, 4) is 0 Å². The number of alkyl halides is 3. The van der Waals surface area contributed by atoms with E-state index in [1.807, 2.05) is 24.3 Å². The molecule has 1 aliphatic rings. The second-order valence-electron chi connectivity index (χ2n) is 6.16. The Morgan fingerprint density at radius 2 is 1.81 bits per heavy atom. The summed E-state index contributed by atoms with van der Waals surface area (Å²) < 4.78 is 38.1. The highest BCUT2D eigenvalue weighted by Crippen LogP contribution is 2.29. The van der Waals surface area contributed by atoms with E-state index in [4.69, 9.17) is 0 Å². The number of fused-ring (bicyclic) bond motifs is 1. The molecule has 0 radical (unpaired) electrons. The number of amides is 3. The first kappa shape index (κ1) is 18.8. The zero-order chi connectivity index (χ0) is 19.4. The van der Waals surface area contributed by atoms with Crippen molar-refractivity contribution in [3.63, 3.8) is 0 Å². The molecule has 0 aliphatic carbocycles. The maximum atomic E-state index is 12.7. The number of halogens is 3. The van der Waals surface area contributed by atoms with E-state index >= 15 is 0 Å². The van der Waals surface area contributed by atoms with Crippen molar-refractivity contribution in [2.45, 2.75) is 19.1 Å². The lowest BCUT2D eigenvalue weighted by atomic mass is 10.1. The normalized spacial score (nSPS) is 13.2. The fourth-order valence-electron chi connectivity index (χ4n) is 2.95. The number of urea groups is 1. The Kier molecular flexibility index (Phi) is 5.34. The van der Waals surface area contributed by atoms with Crippen molar-refractivity contribution in [1.29, 1.82) is 0 Å². The summed E-state index contributed by atoms with van der Waals surface area (Å²) in [6.45, 7) is 0.297. The lowest BCUT2D eigenvalue weighted by molar-refractivity contribution is -0.137. The van der Waals surface area contributed by atoms with Crippen LogP contribution in [-0.2, 0) is 23.9 Å². The molecule has 2 aromatic rings. The lowest BCUT2D eigenvalue weighted by Gasteiger charge is -2.17. The Labute approximate surface area is 154 Å². The van der Waals surface area contributed by atoms with Crippen molar-refractivity contribution < 1.29 is 22.8 Å². The number of anilines is 1. The molecule has 0 unspecified atom stereocenters. The molecule has 0 bridgehead atoms. The van der Waals surface area contributed by atoms with E-state index in [1.165, 1.54) is 12.1 Å². The summed E-state index contributed by atoms with van der Waals surface area (Å²) in [5.74, 6) is -0.242. The monoisotopic (exact) mass is 377 g/mol. The molecule has 0 saturated heterocycles. The minimum Gasteiger partial charge on any atom is -0.334 e. The number of carbonyl (C=O) groups is 2. The van der Waals surface area contributed by atoms with Crippen LogP contribution in [0.4, 0.5) is 23.7 Å². The molecule has 3 rings (SSSR count). The quantitative estimate of drug-likeness (QED) is 0.860. The molecule has 1 heterocycles. The highest BCUT2D eigenvalue weighted by Gasteiger charge is 2.30. The molecule has 0 fully saturated rings. The van der Waals surface area contributed by atoms with Crippen LogP contribution in [0.3, 0.4) is 0 Å². The molecule has 5 nitrogen and oxygen atoms in total. The minimum absolute atomic E-state index is 0.0729. The molecule has 0 saturated carbocycles. The van der Waals surface area contributed by atoms with Gasteiger partial charge in [-0.2, -0.15) is 13.2 Å². The third kappa shape index (κ3) is 4.58. The second kappa shape index (κ2) is 7.69. The van der Waals surface area contributed by atoms with E-state index in [0.717, 1.165) is 29.8 Å². The van der Waals surface area contributed by atoms with Crippen LogP contribution < -0.4 is 15.5 Å². The standard InChI is InChI=1S/C19H18F3N3O2/c20-19(21,22)15-6-3-4-13(10-15)11-23-18(27)24-12-17(26)25-9-8-14-5-1-2-7-16(14)25/h1-7,10H,8-9,11-12H2,(H2,23,24,27). The minimum atomic E-state index is -4.43. The van der Waals surface area contributed by atoms with Gasteiger partial charge in [0.25, 0.3) is 0 Å². The van der Waals surface area contributed by atoms with E-state index in [0.29, 0.717) is 12.1 Å². The zero-order valence-corrected chi connectivity index (χ0v) is 14.3. The number of nitrogens with one attached hydrogen (secondary N) is 2. The number of hydrogen-bond acceptors (Lipinski definition) is 2. The van der Waals surface area contributed by atoms with Crippen LogP contribution in [0, 0.1) is 0 Å². The summed E-state index contributed by atoms with van der Waals surface area (Å²) in [4.78, 5) is 25.8. The van der Waals surface area contributed by atoms with Gasteiger partial charge in [0.1, 0.15) is 0 Å². The molecule has 0 atom stereocenters. The van der Waals surface area contributed by atoms with Crippen LogP contribution in [0.1, 0.15) is 16.7 Å². The maximum Gasteiger partial charge on any atom is 0.416 e. The molecule has 142 valence electrons. The Morgan fingerprint density at radius 1 is 1.04 bits per heavy atom. The van der Waals surface area contributed by atoms with Gasteiger partial charge in [-0.05, 0) is 35.7 Å². The second-order valence-corrected chi connectivity index (χ2v) is 6.16. The summed E-state index contributed by atoms with van der Waals surface area (Å²) in [5.41, 5.74) is 1.47. The Bertz CT molecular complexity index is 852. The van der Waals surface area contributed by atoms with Gasteiger partial charge in [0.15, 0.2) is 0 Å². The van der Waals surface area contributed by atoms with Gasteiger partial charge in [0.05, 0.1) is 12.1 Å². The predicted octanol–water partition coefficient (Wildman–Crippen LogP) is 3.09. The number of para-hydroxylation sites is 1. The van der Waals surface area contributed by atoms with Crippen LogP contribution >= 0.6 is 0 Å². The molecule has 0 spiro atoms. The summed E-state index contributed by atoms with van der Waals surface area (Å²) in [7, 11) is 0. The van der Waals surface area contributed by atoms with Gasteiger partial charge in [0, 0.05) is 18.8 Å². The van der Waals surface area contributed by atoms with Gasteiger partial charge in [0.2, 0.25) is 5.91 Å². The fraction of sp³-hybridized carbons (Fsp3) is 0.263. The predicted molar refractivity (Wildman–Crippen MR) is 94.2 cm³/mol. The van der Waals surface area contributed by atoms with Crippen LogP contribution in [0.2, 0.25) is 0 Å². The van der Waals surface area contributed by atoms with Crippen LogP contribution in [0.5, 0.6) is 0 Å². The van der Waals surface area contributed by atoms with Crippen LogP contribution in [0.25, 0.3) is 0 Å². The molecule has 2 N–H and O–H groups in total. The third-order valence-electron chi connectivity index (χ3n) is 4.30. The zero-order valence-electron chi connectivity index (χ0n) is 14.3. The third-order valence-corrected chi connectivity index (χ3v) is 4.30. The molecule has 2 aromatic carbocycles. The van der Waals surface area contributed by atoms with Gasteiger partial charge in [-0.25, -0.2) is 4.79 Å². The number of hydrogen-bond donors (Lipinski definition) is 2. The van der Waals surface area contributed by atoms with E-state index in [9.17, 15) is 22.8 Å². The highest BCUT2D eigenvalue weighted by atomic mass is 19.4. The first-order chi connectivity index (χ1) is 12.8. The highest BCUT2D eigenvalue weighted by molar-refractivity contribution is 5.98. The van der Waals surface area contributed by atoms with E-state index in [-0.39, 0.29) is 19.0 Å². The summed E-state index contributed by atoms with van der Waals surface area (Å²) >= 11 is 0. The summed E-state index contributed by atoms with van der Waals surface area (Å²) in [5, 5.41) is 4.90. The van der Waals surface area contributed by atoms with Crippen LogP contribution in [-0.4, -0.2) is 25.0 Å². The topological polar surface area (TPSA) is 61.4 Å². The first-order valence-electron chi connectivity index (χ1n) is 8.41. The van der Waals surface area contributed by atoms with Gasteiger partial charge in [-0.3, -0.25) is 4.79 Å². The van der Waals surface area contributed by atoms with Gasteiger partial charge >= 0.3 is 12.2 Å². The van der Waals surface area contributed by atoms with Gasteiger partial charge < -0.3 is 15.5 Å². The first-order valence-corrected chi connectivity index (χ1v) is 8.41. The number of benzene rings is 2. The van der Waals surface area contributed by atoms with E-state index in [2.05, 4.69) is 10.6 Å². The number of rotatable bonds is 4. The Hall–Kier alpha value is -3.03. The van der Waals surface area contributed by atoms with Crippen molar-refractivity contribution in [1.82, 2.24) is 10.6 Å². The molecule has 3 amide bonds. The molecule has 8 heteroatoms. The van der Waals surface area contributed by atoms with Gasteiger partial charge in [-0.15, -0.1) is 0 Å². The smallest absolute Gasteiger partial charge is 0.334 e. The molecular formula is C19H18F3N3O2. The largest absolute Gasteiger partial charge is 0.416 e. The SMILES string of the molecule is O=C(NCC(=O)N1CCc2ccccc21)NCc1cccc(C(F)(F)F)c1. The van der Waals surface area contributed by atoms with Crippen LogP contribution in [0.15, 0.2) is 48.5 Å². The van der Waals surface area contributed by atoms with Crippen molar-refractivity contribution in [2.24, 2.45) is 0 Å². The maximum absolute atomic E-state index is 12.7. The molecule has 1 aliphatic heterocycles. The average Bonchev–Trinajstić information content (AvgIpc) is 3.08. The fourth-order valence-corrected chi connectivity index (χ4v) is 2.95. The summed E-state index contributed by atoms with van der Waals surface area (Å²) in [6.07, 6.45) is -3.67. The van der Waals surface area contributed by atoms with Crippen molar-refractivity contribution in [2.75, 3.05) is 18.0 Å². The van der Waals surface area contributed by atoms with E-state index < -0.39 is 17.8 Å². The average molecular weight is 377 g/mol. The Balaban J connectivity index is 1.49. The Morgan fingerprint density at radius 3 is 2.59 bits per heavy atom. The number of carbonyl (C=O) groups excluding carboxylic acids is 2. The molecular weight excluding hydrogens is 359 g/mol. The van der Waals surface area contributed by atoms with E-state index in [1.54, 1.807) is 4.90 Å². The molecule has 27 heavy (non-hydrogen) atoms. The molecule has 0 aromatic heterocycles. The van der Waals surface area contributed by atoms with Crippen molar-refractivity contribution >= 4 is 17.6 Å². The van der Waals surface area contributed by atoms with Crippen molar-refractivity contribution in [3.05, 3.63) is 65.2 Å². The van der Waals surface area contributed by atoms with Gasteiger partial charge in [-0.1, -0.05) is 30.3 Å².